The number of rotatable bonds is 8. The third kappa shape index (κ3) is 4.98. The van der Waals surface area contributed by atoms with E-state index in [-0.39, 0.29) is 0 Å². The summed E-state index contributed by atoms with van der Waals surface area (Å²) in [5, 5.41) is 0. The summed E-state index contributed by atoms with van der Waals surface area (Å²) in [6, 6.07) is 12.5. The van der Waals surface area contributed by atoms with E-state index in [2.05, 4.69) is 50.2 Å². The summed E-state index contributed by atoms with van der Waals surface area (Å²) in [7, 11) is 0. The van der Waals surface area contributed by atoms with Crippen LogP contribution in [0.3, 0.4) is 0 Å². The van der Waals surface area contributed by atoms with Crippen molar-refractivity contribution in [1.82, 2.24) is 0 Å². The van der Waals surface area contributed by atoms with Gasteiger partial charge in [-0.2, -0.15) is 0 Å². The molecule has 0 fully saturated rings. The maximum atomic E-state index is 5.80. The maximum Gasteiger partial charge on any atom is 0.123 e. The van der Waals surface area contributed by atoms with Gasteiger partial charge in [-0.1, -0.05) is 24.3 Å². The van der Waals surface area contributed by atoms with Crippen molar-refractivity contribution in [3.63, 3.8) is 0 Å². The number of aryl methyl sites for hydroxylation is 2. The molecule has 0 aliphatic carbocycles. The van der Waals surface area contributed by atoms with Crippen molar-refractivity contribution >= 4 is 0 Å². The lowest BCUT2D eigenvalue weighted by molar-refractivity contribution is 0.321. The van der Waals surface area contributed by atoms with E-state index in [1.54, 1.807) is 0 Å². The van der Waals surface area contributed by atoms with Gasteiger partial charge in [0.25, 0.3) is 0 Å². The Morgan fingerprint density at radius 3 is 1.57 bits per heavy atom. The van der Waals surface area contributed by atoms with E-state index in [4.69, 9.17) is 20.9 Å². The van der Waals surface area contributed by atoms with Crippen LogP contribution < -0.4 is 20.9 Å². The van der Waals surface area contributed by atoms with Gasteiger partial charge in [0.2, 0.25) is 0 Å². The van der Waals surface area contributed by atoms with E-state index < -0.39 is 0 Å². The van der Waals surface area contributed by atoms with Gasteiger partial charge in [-0.25, -0.2) is 0 Å². The lowest BCUT2D eigenvalue weighted by atomic mass is 10.0. The molecule has 0 aliphatic heterocycles. The van der Waals surface area contributed by atoms with E-state index in [1.807, 2.05) is 0 Å². The van der Waals surface area contributed by atoms with E-state index in [0.29, 0.717) is 26.3 Å². The minimum atomic E-state index is 0.503. The molecule has 124 valence electrons. The minimum Gasteiger partial charge on any atom is -0.492 e. The average molecular weight is 314 g/mol. The van der Waals surface area contributed by atoms with Crippen LogP contribution in [0, 0.1) is 13.8 Å². The molecule has 2 aromatic rings. The maximum absolute atomic E-state index is 5.80. The first-order chi connectivity index (χ1) is 11.1. The molecule has 4 heteroatoms. The van der Waals surface area contributed by atoms with Gasteiger partial charge in [-0.05, 0) is 48.2 Å². The average Bonchev–Trinajstić information content (AvgIpc) is 2.54. The van der Waals surface area contributed by atoms with Crippen molar-refractivity contribution in [3.05, 3.63) is 58.7 Å². The Labute approximate surface area is 138 Å². The molecule has 2 aromatic carbocycles. The molecule has 0 bridgehead atoms. The second kappa shape index (κ2) is 8.56. The molecular formula is C19H26N2O2. The zero-order valence-corrected chi connectivity index (χ0v) is 14.0. The summed E-state index contributed by atoms with van der Waals surface area (Å²) in [6.45, 7) is 6.15. The number of nitrogens with two attached hydrogens (primary N) is 2. The highest BCUT2D eigenvalue weighted by atomic mass is 16.5. The molecule has 0 saturated heterocycles. The van der Waals surface area contributed by atoms with Crippen molar-refractivity contribution in [1.29, 1.82) is 0 Å². The molecule has 0 spiro atoms. The van der Waals surface area contributed by atoms with Crippen LogP contribution in [0.5, 0.6) is 11.5 Å². The Balaban J connectivity index is 2.27. The zero-order chi connectivity index (χ0) is 16.7. The minimum absolute atomic E-state index is 0.503. The standard InChI is InChI=1S/C19H26N2O2/c1-14-3-5-16(18(11-14)22-9-7-20)13-17-6-4-15(2)12-19(17)23-10-8-21/h3-6,11-12H,7-10,13,20-21H2,1-2H3. The molecule has 2 rings (SSSR count). The number of hydrogen-bond donors (Lipinski definition) is 2. The van der Waals surface area contributed by atoms with Gasteiger partial charge in [0.05, 0.1) is 0 Å². The molecule has 0 aromatic heterocycles. The van der Waals surface area contributed by atoms with Crippen LogP contribution in [0.2, 0.25) is 0 Å². The third-order valence-corrected chi connectivity index (χ3v) is 3.58. The van der Waals surface area contributed by atoms with Crippen LogP contribution in [0.25, 0.3) is 0 Å². The van der Waals surface area contributed by atoms with E-state index in [0.717, 1.165) is 29.0 Å². The highest BCUT2D eigenvalue weighted by Gasteiger charge is 2.10. The topological polar surface area (TPSA) is 70.5 Å². The van der Waals surface area contributed by atoms with Crippen LogP contribution in [0.4, 0.5) is 0 Å². The number of hydrogen-bond acceptors (Lipinski definition) is 4. The summed E-state index contributed by atoms with van der Waals surface area (Å²) in [5.41, 5.74) is 15.7. The molecule has 0 heterocycles. The SMILES string of the molecule is Cc1ccc(Cc2ccc(C)cc2OCCN)c(OCCN)c1. The van der Waals surface area contributed by atoms with Crippen molar-refractivity contribution in [2.45, 2.75) is 20.3 Å². The lowest BCUT2D eigenvalue weighted by Crippen LogP contribution is -2.13. The predicted octanol–water partition coefficient (Wildman–Crippen LogP) is 2.57. The third-order valence-electron chi connectivity index (χ3n) is 3.58. The van der Waals surface area contributed by atoms with Crippen molar-refractivity contribution < 1.29 is 9.47 Å². The van der Waals surface area contributed by atoms with E-state index >= 15 is 0 Å². The summed E-state index contributed by atoms with van der Waals surface area (Å²) in [4.78, 5) is 0. The van der Waals surface area contributed by atoms with Gasteiger partial charge in [0.1, 0.15) is 24.7 Å². The second-order valence-electron chi connectivity index (χ2n) is 5.67. The van der Waals surface area contributed by atoms with Crippen LogP contribution in [-0.4, -0.2) is 26.3 Å². The Bertz CT molecular complexity index is 586. The first-order valence-electron chi connectivity index (χ1n) is 7.99. The van der Waals surface area contributed by atoms with Gasteiger partial charge in [-0.3, -0.25) is 0 Å². The molecule has 4 N–H and O–H groups in total. The molecular weight excluding hydrogens is 288 g/mol. The zero-order valence-electron chi connectivity index (χ0n) is 14.0. The summed E-state index contributed by atoms with van der Waals surface area (Å²) in [5.74, 6) is 1.78. The molecule has 0 aliphatic rings. The first-order valence-corrected chi connectivity index (χ1v) is 7.99. The van der Waals surface area contributed by atoms with E-state index in [1.165, 1.54) is 11.1 Å². The Morgan fingerprint density at radius 2 is 1.17 bits per heavy atom. The van der Waals surface area contributed by atoms with Gasteiger partial charge in [-0.15, -0.1) is 0 Å². The van der Waals surface area contributed by atoms with Gasteiger partial charge in [0, 0.05) is 19.5 Å². The second-order valence-corrected chi connectivity index (χ2v) is 5.67. The van der Waals surface area contributed by atoms with Gasteiger partial charge >= 0.3 is 0 Å². The fourth-order valence-electron chi connectivity index (χ4n) is 2.43. The number of ether oxygens (including phenoxy) is 2. The van der Waals surface area contributed by atoms with Gasteiger partial charge in [0.15, 0.2) is 0 Å². The van der Waals surface area contributed by atoms with Gasteiger partial charge < -0.3 is 20.9 Å². The molecule has 4 nitrogen and oxygen atoms in total. The summed E-state index contributed by atoms with van der Waals surface area (Å²) >= 11 is 0. The van der Waals surface area contributed by atoms with Crippen molar-refractivity contribution in [3.8, 4) is 11.5 Å². The largest absolute Gasteiger partial charge is 0.492 e. The molecule has 0 unspecified atom stereocenters. The highest BCUT2D eigenvalue weighted by Crippen LogP contribution is 2.28. The van der Waals surface area contributed by atoms with Crippen LogP contribution in [-0.2, 0) is 6.42 Å². The molecule has 0 radical (unpaired) electrons. The van der Waals surface area contributed by atoms with Crippen LogP contribution >= 0.6 is 0 Å². The quantitative estimate of drug-likeness (QED) is 0.785. The Kier molecular flexibility index (Phi) is 6.44. The lowest BCUT2D eigenvalue weighted by Gasteiger charge is -2.15. The molecule has 23 heavy (non-hydrogen) atoms. The molecule has 0 amide bonds. The monoisotopic (exact) mass is 314 g/mol. The highest BCUT2D eigenvalue weighted by molar-refractivity contribution is 5.45. The normalized spacial score (nSPS) is 10.6. The fourth-order valence-corrected chi connectivity index (χ4v) is 2.43. The fraction of sp³-hybridized carbons (Fsp3) is 0.368. The first kappa shape index (κ1) is 17.3. The Morgan fingerprint density at radius 1 is 0.739 bits per heavy atom. The smallest absolute Gasteiger partial charge is 0.123 e. The van der Waals surface area contributed by atoms with Crippen molar-refractivity contribution in [2.75, 3.05) is 26.3 Å². The molecule has 0 saturated carbocycles. The number of benzene rings is 2. The summed E-state index contributed by atoms with van der Waals surface area (Å²) in [6.07, 6.45) is 0.750. The van der Waals surface area contributed by atoms with Crippen molar-refractivity contribution in [2.24, 2.45) is 11.5 Å². The van der Waals surface area contributed by atoms with E-state index in [9.17, 15) is 0 Å². The van der Waals surface area contributed by atoms with Crippen LogP contribution in [0.1, 0.15) is 22.3 Å². The predicted molar refractivity (Wildman–Crippen MR) is 94.3 cm³/mol. The molecule has 0 atom stereocenters. The van der Waals surface area contributed by atoms with Crippen LogP contribution in [0.15, 0.2) is 36.4 Å². The Hall–Kier alpha value is -2.04. The summed E-state index contributed by atoms with van der Waals surface area (Å²) < 4.78 is 11.6.